The van der Waals surface area contributed by atoms with Crippen LogP contribution in [0.1, 0.15) is 25.1 Å². The van der Waals surface area contributed by atoms with E-state index in [1.807, 2.05) is 13.8 Å². The lowest BCUT2D eigenvalue weighted by atomic mass is 10.2. The van der Waals surface area contributed by atoms with Crippen molar-refractivity contribution in [3.8, 4) is 0 Å². The Hall–Kier alpha value is -1.50. The Bertz CT molecular complexity index is 430. The maximum Gasteiger partial charge on any atom is 0.313 e. The molecule has 1 amide bonds. The van der Waals surface area contributed by atoms with E-state index in [-0.39, 0.29) is 18.2 Å². The number of primary amides is 1. The minimum Gasteiger partial charge on any atom is -0.481 e. The molecule has 1 atom stereocenters. The first-order chi connectivity index (χ1) is 7.90. The molecule has 0 aliphatic heterocycles. The fraction of sp³-hybridized carbons (Fsp3) is 0.500. The van der Waals surface area contributed by atoms with Gasteiger partial charge in [0, 0.05) is 18.7 Å². The van der Waals surface area contributed by atoms with Crippen LogP contribution in [-0.4, -0.2) is 32.3 Å². The third kappa shape index (κ3) is 4.10. The number of nitrogens with zero attached hydrogens (tertiary/aromatic N) is 2. The Morgan fingerprint density at radius 1 is 1.65 bits per heavy atom. The number of hydrogen-bond donors (Lipinski definition) is 2. The maximum absolute atomic E-state index is 10.9. The second-order valence-corrected chi connectivity index (χ2v) is 4.72. The summed E-state index contributed by atoms with van der Waals surface area (Å²) < 4.78 is 1.79. The monoisotopic (exact) mass is 257 g/mol. The third-order valence-electron chi connectivity index (χ3n) is 2.12. The summed E-state index contributed by atoms with van der Waals surface area (Å²) in [6, 6.07) is -0.120. The van der Waals surface area contributed by atoms with Crippen LogP contribution in [0.3, 0.4) is 0 Å². The molecule has 0 spiro atoms. The van der Waals surface area contributed by atoms with E-state index in [0.29, 0.717) is 5.16 Å². The van der Waals surface area contributed by atoms with Crippen molar-refractivity contribution < 1.29 is 14.7 Å². The summed E-state index contributed by atoms with van der Waals surface area (Å²) in [4.78, 5) is 25.6. The SMILES string of the molecule is Cc1cn(C(C)CC(N)=O)c(SCC(=O)O)n1. The molecule has 0 fully saturated rings. The van der Waals surface area contributed by atoms with Gasteiger partial charge in [-0.05, 0) is 13.8 Å². The number of thioether (sulfide) groups is 1. The Morgan fingerprint density at radius 2 is 2.29 bits per heavy atom. The van der Waals surface area contributed by atoms with Gasteiger partial charge < -0.3 is 15.4 Å². The predicted molar refractivity (Wildman–Crippen MR) is 63.8 cm³/mol. The lowest BCUT2D eigenvalue weighted by Gasteiger charge is -2.13. The van der Waals surface area contributed by atoms with Crippen LogP contribution in [0.15, 0.2) is 11.4 Å². The number of carbonyl (C=O) groups excluding carboxylic acids is 1. The fourth-order valence-electron chi connectivity index (χ4n) is 1.43. The van der Waals surface area contributed by atoms with Crippen molar-refractivity contribution in [1.82, 2.24) is 9.55 Å². The number of aryl methyl sites for hydroxylation is 1. The van der Waals surface area contributed by atoms with Crippen molar-refractivity contribution in [2.45, 2.75) is 31.5 Å². The van der Waals surface area contributed by atoms with E-state index in [1.165, 1.54) is 0 Å². The van der Waals surface area contributed by atoms with Gasteiger partial charge in [0.2, 0.25) is 5.91 Å². The highest BCUT2D eigenvalue weighted by molar-refractivity contribution is 7.99. The van der Waals surface area contributed by atoms with Crippen LogP contribution < -0.4 is 5.73 Å². The number of aromatic nitrogens is 2. The number of carboxylic acid groups (broad SMARTS) is 1. The lowest BCUT2D eigenvalue weighted by molar-refractivity contribution is -0.134. The van der Waals surface area contributed by atoms with Crippen molar-refractivity contribution in [2.75, 3.05) is 5.75 Å². The van der Waals surface area contributed by atoms with Gasteiger partial charge in [0.05, 0.1) is 11.4 Å². The van der Waals surface area contributed by atoms with Gasteiger partial charge in [-0.25, -0.2) is 4.98 Å². The van der Waals surface area contributed by atoms with E-state index in [0.717, 1.165) is 17.5 Å². The minimum absolute atomic E-state index is 0.0558. The largest absolute Gasteiger partial charge is 0.481 e. The molecule has 0 aromatic carbocycles. The number of rotatable bonds is 6. The smallest absolute Gasteiger partial charge is 0.313 e. The van der Waals surface area contributed by atoms with Gasteiger partial charge in [-0.1, -0.05) is 11.8 Å². The summed E-state index contributed by atoms with van der Waals surface area (Å²) in [5.74, 6) is -1.34. The van der Waals surface area contributed by atoms with Crippen LogP contribution >= 0.6 is 11.8 Å². The highest BCUT2D eigenvalue weighted by Gasteiger charge is 2.15. The molecule has 1 aromatic heterocycles. The molecule has 1 heterocycles. The first-order valence-electron chi connectivity index (χ1n) is 5.08. The Kier molecular flexibility index (Phi) is 4.56. The fourth-order valence-corrected chi connectivity index (χ4v) is 2.28. The van der Waals surface area contributed by atoms with Gasteiger partial charge >= 0.3 is 5.97 Å². The van der Waals surface area contributed by atoms with E-state index < -0.39 is 11.9 Å². The number of carboxylic acids is 1. The molecule has 0 aliphatic rings. The number of nitrogens with two attached hydrogens (primary N) is 1. The number of carbonyl (C=O) groups is 2. The van der Waals surface area contributed by atoms with Crippen molar-refractivity contribution in [2.24, 2.45) is 5.73 Å². The molecule has 0 saturated carbocycles. The molecule has 0 aliphatic carbocycles. The molecule has 17 heavy (non-hydrogen) atoms. The lowest BCUT2D eigenvalue weighted by Crippen LogP contribution is -2.17. The Morgan fingerprint density at radius 3 is 2.82 bits per heavy atom. The summed E-state index contributed by atoms with van der Waals surface area (Å²) in [5.41, 5.74) is 5.92. The summed E-state index contributed by atoms with van der Waals surface area (Å²) in [6.07, 6.45) is 1.99. The molecule has 1 unspecified atom stereocenters. The second kappa shape index (κ2) is 5.72. The van der Waals surface area contributed by atoms with Crippen molar-refractivity contribution in [3.05, 3.63) is 11.9 Å². The van der Waals surface area contributed by atoms with Crippen molar-refractivity contribution in [1.29, 1.82) is 0 Å². The highest BCUT2D eigenvalue weighted by atomic mass is 32.2. The standard InChI is InChI=1S/C10H15N3O3S/c1-6-4-13(7(2)3-8(11)14)10(12-6)17-5-9(15)16/h4,7H,3,5H2,1-2H3,(H2,11,14)(H,15,16). The zero-order chi connectivity index (χ0) is 13.0. The average molecular weight is 257 g/mol. The van der Waals surface area contributed by atoms with Gasteiger partial charge in [-0.15, -0.1) is 0 Å². The third-order valence-corrected chi connectivity index (χ3v) is 3.07. The zero-order valence-corrected chi connectivity index (χ0v) is 10.5. The maximum atomic E-state index is 10.9. The molecule has 6 nitrogen and oxygen atoms in total. The molecule has 3 N–H and O–H groups in total. The molecule has 0 saturated heterocycles. The summed E-state index contributed by atoms with van der Waals surface area (Å²) in [5, 5.41) is 9.22. The van der Waals surface area contributed by atoms with E-state index in [1.54, 1.807) is 10.8 Å². The van der Waals surface area contributed by atoms with Crippen LogP contribution in [-0.2, 0) is 9.59 Å². The van der Waals surface area contributed by atoms with Gasteiger partial charge in [0.25, 0.3) is 0 Å². The molecular formula is C10H15N3O3S. The van der Waals surface area contributed by atoms with Crippen LogP contribution in [0.5, 0.6) is 0 Å². The zero-order valence-electron chi connectivity index (χ0n) is 9.71. The molecule has 1 aromatic rings. The Balaban J connectivity index is 2.82. The second-order valence-electron chi connectivity index (χ2n) is 3.77. The van der Waals surface area contributed by atoms with Gasteiger partial charge in [0.1, 0.15) is 0 Å². The number of hydrogen-bond acceptors (Lipinski definition) is 4. The average Bonchev–Trinajstić information content (AvgIpc) is 2.55. The quantitative estimate of drug-likeness (QED) is 0.735. The van der Waals surface area contributed by atoms with Crippen LogP contribution in [0, 0.1) is 6.92 Å². The van der Waals surface area contributed by atoms with Crippen LogP contribution in [0.25, 0.3) is 0 Å². The van der Waals surface area contributed by atoms with Crippen molar-refractivity contribution in [3.63, 3.8) is 0 Å². The molecule has 7 heteroatoms. The van der Waals surface area contributed by atoms with Gasteiger partial charge in [0.15, 0.2) is 5.16 Å². The number of amides is 1. The van der Waals surface area contributed by atoms with Gasteiger partial charge in [-0.2, -0.15) is 0 Å². The van der Waals surface area contributed by atoms with E-state index in [9.17, 15) is 9.59 Å². The molecule has 0 bridgehead atoms. The van der Waals surface area contributed by atoms with Gasteiger partial charge in [-0.3, -0.25) is 9.59 Å². The molecular weight excluding hydrogens is 242 g/mol. The molecule has 1 rings (SSSR count). The van der Waals surface area contributed by atoms with Crippen LogP contribution in [0.2, 0.25) is 0 Å². The molecule has 0 radical (unpaired) electrons. The highest BCUT2D eigenvalue weighted by Crippen LogP contribution is 2.23. The summed E-state index contributed by atoms with van der Waals surface area (Å²) in [6.45, 7) is 3.66. The van der Waals surface area contributed by atoms with Crippen molar-refractivity contribution >= 4 is 23.6 Å². The van der Waals surface area contributed by atoms with E-state index in [4.69, 9.17) is 10.8 Å². The summed E-state index contributed by atoms with van der Waals surface area (Å²) in [7, 11) is 0. The number of imidazole rings is 1. The normalized spacial score (nSPS) is 12.4. The Labute approximate surface area is 103 Å². The van der Waals surface area contributed by atoms with E-state index in [2.05, 4.69) is 4.98 Å². The first kappa shape index (κ1) is 13.6. The van der Waals surface area contributed by atoms with E-state index >= 15 is 0 Å². The molecule has 94 valence electrons. The predicted octanol–water partition coefficient (Wildman–Crippen LogP) is 0.805. The van der Waals surface area contributed by atoms with Crippen LogP contribution in [0.4, 0.5) is 0 Å². The minimum atomic E-state index is -0.898. The summed E-state index contributed by atoms with van der Waals surface area (Å²) >= 11 is 1.13. The first-order valence-corrected chi connectivity index (χ1v) is 6.07. The topological polar surface area (TPSA) is 98.2 Å². The number of aliphatic carboxylic acids is 1.